The van der Waals surface area contributed by atoms with Crippen LogP contribution in [0.1, 0.15) is 24.0 Å². The summed E-state index contributed by atoms with van der Waals surface area (Å²) in [5, 5.41) is 8.54. The molecule has 1 aliphatic rings. The summed E-state index contributed by atoms with van der Waals surface area (Å²) in [5.74, 6) is -1.10. The van der Waals surface area contributed by atoms with Gasteiger partial charge in [-0.15, -0.1) is 0 Å². The number of halogens is 2. The minimum atomic E-state index is -2.07. The molecule has 0 amide bonds. The second-order valence-corrected chi connectivity index (χ2v) is 7.29. The second kappa shape index (κ2) is 10.9. The van der Waals surface area contributed by atoms with Gasteiger partial charge in [-0.3, -0.25) is 0 Å². The van der Waals surface area contributed by atoms with Gasteiger partial charge < -0.3 is 10.0 Å². The van der Waals surface area contributed by atoms with Crippen LogP contribution in [0.25, 0.3) is 0 Å². The Morgan fingerprint density at radius 3 is 2.19 bits per heavy atom. The molecule has 146 valence electrons. The molecule has 1 saturated heterocycles. The van der Waals surface area contributed by atoms with E-state index in [1.54, 1.807) is 0 Å². The molecule has 0 aromatic heterocycles. The Morgan fingerprint density at radius 1 is 1.00 bits per heavy atom. The fourth-order valence-electron chi connectivity index (χ4n) is 2.78. The Balaban J connectivity index is 0.000000273. The van der Waals surface area contributed by atoms with Crippen molar-refractivity contribution in [3.63, 3.8) is 0 Å². The first-order valence-corrected chi connectivity index (χ1v) is 9.82. The van der Waals surface area contributed by atoms with E-state index >= 15 is 0 Å². The Labute approximate surface area is 159 Å². The molecule has 3 rings (SSSR count). The molecule has 27 heavy (non-hydrogen) atoms. The summed E-state index contributed by atoms with van der Waals surface area (Å²) in [4.78, 5) is 2.66. The molecule has 4 nitrogen and oxygen atoms in total. The fourth-order valence-corrected chi connectivity index (χ4v) is 3.30. The summed E-state index contributed by atoms with van der Waals surface area (Å²) >= 11 is 0. The molecular weight excluding hydrogens is 372 g/mol. The van der Waals surface area contributed by atoms with Crippen LogP contribution in [0.15, 0.2) is 48.5 Å². The van der Waals surface area contributed by atoms with Crippen molar-refractivity contribution in [3.8, 4) is 0 Å². The SMILES string of the molecule is O=S(=O)=C1CCN(CCc2ccc(F)cc2F)CC1.OCc1ccccc1. The number of aliphatic hydroxyl groups excluding tert-OH is 1. The standard InChI is InChI=1S/C13H15F2NO2S.C7H8O/c14-11-2-1-10(13(15)9-11)3-6-16-7-4-12(5-8-16)19(17)18;8-6-7-4-2-1-3-5-7/h1-2,9H,3-8H2;1-5,8H,6H2. The predicted octanol–water partition coefficient (Wildman–Crippen LogP) is 2.83. The fraction of sp³-hybridized carbons (Fsp3) is 0.350. The van der Waals surface area contributed by atoms with E-state index in [2.05, 4.69) is 4.90 Å². The third-order valence-electron chi connectivity index (χ3n) is 4.39. The molecule has 7 heteroatoms. The van der Waals surface area contributed by atoms with E-state index < -0.39 is 21.9 Å². The van der Waals surface area contributed by atoms with Crippen molar-refractivity contribution in [2.75, 3.05) is 19.6 Å². The lowest BCUT2D eigenvalue weighted by molar-refractivity contribution is 0.278. The molecular formula is C20H23F2NO3S. The average molecular weight is 395 g/mol. The first-order chi connectivity index (χ1) is 13.0. The Bertz CT molecular complexity index is 852. The molecule has 2 aromatic carbocycles. The van der Waals surface area contributed by atoms with Gasteiger partial charge in [-0.1, -0.05) is 36.4 Å². The highest BCUT2D eigenvalue weighted by Crippen LogP contribution is 2.12. The maximum atomic E-state index is 13.4. The van der Waals surface area contributed by atoms with E-state index in [-0.39, 0.29) is 6.61 Å². The van der Waals surface area contributed by atoms with Crippen molar-refractivity contribution in [2.24, 2.45) is 0 Å². The highest BCUT2D eigenvalue weighted by molar-refractivity contribution is 7.73. The number of piperidine rings is 1. The van der Waals surface area contributed by atoms with E-state index in [4.69, 9.17) is 5.11 Å². The maximum absolute atomic E-state index is 13.4. The maximum Gasteiger partial charge on any atom is 0.213 e. The summed E-state index contributed by atoms with van der Waals surface area (Å²) in [6, 6.07) is 13.1. The highest BCUT2D eigenvalue weighted by atomic mass is 32.2. The van der Waals surface area contributed by atoms with Crippen LogP contribution in [0.5, 0.6) is 0 Å². The Morgan fingerprint density at radius 2 is 1.67 bits per heavy atom. The van der Waals surface area contributed by atoms with E-state index in [1.165, 1.54) is 12.1 Å². The summed E-state index contributed by atoms with van der Waals surface area (Å²) in [6.45, 7) is 2.14. The molecule has 0 saturated carbocycles. The van der Waals surface area contributed by atoms with Crippen molar-refractivity contribution >= 4 is 15.2 Å². The van der Waals surface area contributed by atoms with Crippen molar-refractivity contribution in [2.45, 2.75) is 25.9 Å². The third kappa shape index (κ3) is 7.21. The molecule has 0 bridgehead atoms. The highest BCUT2D eigenvalue weighted by Gasteiger charge is 2.16. The summed E-state index contributed by atoms with van der Waals surface area (Å²) < 4.78 is 47.7. The molecule has 0 radical (unpaired) electrons. The second-order valence-electron chi connectivity index (χ2n) is 6.24. The zero-order chi connectivity index (χ0) is 19.6. The van der Waals surface area contributed by atoms with Gasteiger partial charge in [-0.05, 0) is 36.5 Å². The molecule has 1 aliphatic heterocycles. The zero-order valence-electron chi connectivity index (χ0n) is 14.9. The van der Waals surface area contributed by atoms with Gasteiger partial charge in [0, 0.05) is 25.7 Å². The van der Waals surface area contributed by atoms with Crippen LogP contribution in [0.4, 0.5) is 8.78 Å². The van der Waals surface area contributed by atoms with Gasteiger partial charge >= 0.3 is 0 Å². The summed E-state index contributed by atoms with van der Waals surface area (Å²) in [5.41, 5.74) is 1.45. The first kappa shape index (κ1) is 21.2. The summed E-state index contributed by atoms with van der Waals surface area (Å²) in [7, 11) is -2.07. The van der Waals surface area contributed by atoms with Gasteiger partial charge in [0.2, 0.25) is 10.3 Å². The monoisotopic (exact) mass is 395 g/mol. The molecule has 0 aliphatic carbocycles. The van der Waals surface area contributed by atoms with Gasteiger partial charge in [0.15, 0.2) is 0 Å². The molecule has 0 unspecified atom stereocenters. The van der Waals surface area contributed by atoms with Crippen LogP contribution < -0.4 is 0 Å². The van der Waals surface area contributed by atoms with Gasteiger partial charge in [0.1, 0.15) is 11.6 Å². The number of nitrogens with zero attached hydrogens (tertiary/aromatic N) is 1. The predicted molar refractivity (Wildman–Crippen MR) is 102 cm³/mol. The molecule has 1 heterocycles. The summed E-state index contributed by atoms with van der Waals surface area (Å²) in [6.07, 6.45) is 1.59. The molecule has 1 fully saturated rings. The van der Waals surface area contributed by atoms with Crippen LogP contribution >= 0.6 is 0 Å². The van der Waals surface area contributed by atoms with Crippen molar-refractivity contribution in [1.82, 2.24) is 4.90 Å². The quantitative estimate of drug-likeness (QED) is 0.809. The molecule has 2 aromatic rings. The van der Waals surface area contributed by atoms with E-state index in [9.17, 15) is 17.2 Å². The molecule has 0 spiro atoms. The van der Waals surface area contributed by atoms with Crippen molar-refractivity contribution in [3.05, 3.63) is 71.3 Å². The topological polar surface area (TPSA) is 57.6 Å². The van der Waals surface area contributed by atoms with Crippen LogP contribution in [-0.2, 0) is 23.3 Å². The van der Waals surface area contributed by atoms with E-state index in [1.807, 2.05) is 30.3 Å². The number of aliphatic hydroxyl groups is 1. The van der Waals surface area contributed by atoms with Crippen molar-refractivity contribution < 1.29 is 22.3 Å². The number of hydrogen-bond donors (Lipinski definition) is 1. The van der Waals surface area contributed by atoms with Gasteiger partial charge in [0.05, 0.1) is 11.5 Å². The van der Waals surface area contributed by atoms with Crippen LogP contribution in [0.2, 0.25) is 0 Å². The van der Waals surface area contributed by atoms with Crippen LogP contribution in [0.3, 0.4) is 0 Å². The van der Waals surface area contributed by atoms with Crippen LogP contribution in [0, 0.1) is 11.6 Å². The first-order valence-electron chi connectivity index (χ1n) is 8.74. The van der Waals surface area contributed by atoms with Crippen LogP contribution in [-0.4, -0.2) is 42.9 Å². The molecule has 0 atom stereocenters. The lowest BCUT2D eigenvalue weighted by atomic mass is 10.1. The normalized spacial score (nSPS) is 14.4. The van der Waals surface area contributed by atoms with Gasteiger partial charge in [-0.2, -0.15) is 8.42 Å². The third-order valence-corrected chi connectivity index (χ3v) is 5.27. The number of hydrogen-bond acceptors (Lipinski definition) is 4. The lowest BCUT2D eigenvalue weighted by Crippen LogP contribution is -2.35. The minimum Gasteiger partial charge on any atom is -0.392 e. The van der Waals surface area contributed by atoms with Gasteiger partial charge in [0.25, 0.3) is 0 Å². The minimum absolute atomic E-state index is 0.140. The number of likely N-dealkylation sites (tertiary alicyclic amines) is 1. The molecule has 1 N–H and O–H groups in total. The Hall–Kier alpha value is -2.09. The number of rotatable bonds is 4. The zero-order valence-corrected chi connectivity index (χ0v) is 15.8. The smallest absolute Gasteiger partial charge is 0.213 e. The van der Waals surface area contributed by atoms with E-state index in [0.29, 0.717) is 49.3 Å². The van der Waals surface area contributed by atoms with Crippen molar-refractivity contribution in [1.29, 1.82) is 0 Å². The largest absolute Gasteiger partial charge is 0.392 e. The lowest BCUT2D eigenvalue weighted by Gasteiger charge is -2.26. The van der Waals surface area contributed by atoms with E-state index in [0.717, 1.165) is 11.6 Å². The van der Waals surface area contributed by atoms with Gasteiger partial charge in [-0.25, -0.2) is 8.78 Å². The number of benzene rings is 2. The Kier molecular flexibility index (Phi) is 8.57. The average Bonchev–Trinajstić information content (AvgIpc) is 2.69.